The summed E-state index contributed by atoms with van der Waals surface area (Å²) in [6, 6.07) is 3.69. The van der Waals surface area contributed by atoms with Crippen LogP contribution in [0.25, 0.3) is 0 Å². The first-order chi connectivity index (χ1) is 8.99. The summed E-state index contributed by atoms with van der Waals surface area (Å²) in [5, 5.41) is 11.9. The van der Waals surface area contributed by atoms with Crippen molar-refractivity contribution in [1.29, 1.82) is 0 Å². The Morgan fingerprint density at radius 1 is 1.53 bits per heavy atom. The molecule has 100 valence electrons. The standard InChI is InChI=1S/C13H13ClN2O3/c1-3-7-16(4-2)13(19)15-11-8-9(14)5-6-10(11)12(17)18/h1,5-6,8H,4,7H2,2H3,(H,15,19)(H,17,18). The SMILES string of the molecule is C#CCN(CC)C(=O)Nc1cc(Cl)ccc1C(=O)O. The fourth-order valence-electron chi connectivity index (χ4n) is 1.44. The molecule has 5 nitrogen and oxygen atoms in total. The van der Waals surface area contributed by atoms with Gasteiger partial charge in [-0.1, -0.05) is 17.5 Å². The molecule has 0 heterocycles. The summed E-state index contributed by atoms with van der Waals surface area (Å²) in [4.78, 5) is 24.3. The summed E-state index contributed by atoms with van der Waals surface area (Å²) in [5.41, 5.74) is 0.106. The lowest BCUT2D eigenvalue weighted by Gasteiger charge is -2.19. The number of rotatable bonds is 4. The van der Waals surface area contributed by atoms with Gasteiger partial charge in [-0.2, -0.15) is 0 Å². The maximum Gasteiger partial charge on any atom is 0.337 e. The van der Waals surface area contributed by atoms with E-state index in [2.05, 4.69) is 11.2 Å². The number of halogens is 1. The van der Waals surface area contributed by atoms with Crippen LogP contribution < -0.4 is 5.32 Å². The minimum atomic E-state index is -1.15. The van der Waals surface area contributed by atoms with E-state index in [1.165, 1.54) is 23.1 Å². The average molecular weight is 281 g/mol. The maximum atomic E-state index is 11.9. The monoisotopic (exact) mass is 280 g/mol. The van der Waals surface area contributed by atoms with Crippen LogP contribution in [0.5, 0.6) is 0 Å². The Morgan fingerprint density at radius 3 is 2.74 bits per heavy atom. The van der Waals surface area contributed by atoms with Crippen molar-refractivity contribution < 1.29 is 14.7 Å². The number of hydrogen-bond donors (Lipinski definition) is 2. The van der Waals surface area contributed by atoms with Crippen LogP contribution in [0.15, 0.2) is 18.2 Å². The predicted molar refractivity (Wildman–Crippen MR) is 73.5 cm³/mol. The molecule has 0 aliphatic rings. The molecule has 0 unspecified atom stereocenters. The predicted octanol–water partition coefficient (Wildman–Crippen LogP) is 2.53. The van der Waals surface area contributed by atoms with Crippen molar-refractivity contribution >= 4 is 29.3 Å². The lowest BCUT2D eigenvalue weighted by Crippen LogP contribution is -2.35. The smallest absolute Gasteiger partial charge is 0.337 e. The number of carbonyl (C=O) groups excluding carboxylic acids is 1. The van der Waals surface area contributed by atoms with E-state index in [0.717, 1.165) is 0 Å². The van der Waals surface area contributed by atoms with Crippen LogP contribution in [0, 0.1) is 12.3 Å². The lowest BCUT2D eigenvalue weighted by atomic mass is 10.2. The Bertz CT molecular complexity index is 537. The van der Waals surface area contributed by atoms with Gasteiger partial charge in [0.25, 0.3) is 0 Å². The number of carboxylic acid groups (broad SMARTS) is 1. The summed E-state index contributed by atoms with van der Waals surface area (Å²) in [5.74, 6) is 1.21. The van der Waals surface area contributed by atoms with Crippen LogP contribution in [0.4, 0.5) is 10.5 Å². The second kappa shape index (κ2) is 6.66. The molecule has 1 aromatic carbocycles. The molecule has 6 heteroatoms. The normalized spacial score (nSPS) is 9.53. The van der Waals surface area contributed by atoms with Crippen molar-refractivity contribution in [3.63, 3.8) is 0 Å². The number of amides is 2. The Balaban J connectivity index is 2.98. The second-order valence-corrected chi connectivity index (χ2v) is 4.08. The molecule has 1 aromatic rings. The number of carbonyl (C=O) groups is 2. The maximum absolute atomic E-state index is 11.9. The molecule has 1 rings (SSSR count). The van der Waals surface area contributed by atoms with Gasteiger partial charge in [0.1, 0.15) is 0 Å². The number of benzene rings is 1. The Labute approximate surface area is 116 Å². The van der Waals surface area contributed by atoms with E-state index >= 15 is 0 Å². The average Bonchev–Trinajstić information content (AvgIpc) is 2.35. The van der Waals surface area contributed by atoms with Gasteiger partial charge in [0, 0.05) is 11.6 Å². The molecule has 0 saturated heterocycles. The fourth-order valence-corrected chi connectivity index (χ4v) is 1.61. The third kappa shape index (κ3) is 3.90. The Kier molecular flexibility index (Phi) is 5.22. The highest BCUT2D eigenvalue weighted by atomic mass is 35.5. The molecule has 2 amide bonds. The quantitative estimate of drug-likeness (QED) is 0.833. The summed E-state index contributed by atoms with van der Waals surface area (Å²) in [6.07, 6.45) is 5.15. The van der Waals surface area contributed by atoms with Crippen molar-refractivity contribution in [1.82, 2.24) is 4.90 Å². The largest absolute Gasteiger partial charge is 0.478 e. The first kappa shape index (κ1) is 14.9. The molecule has 2 N–H and O–H groups in total. The highest BCUT2D eigenvalue weighted by molar-refractivity contribution is 6.31. The summed E-state index contributed by atoms with van der Waals surface area (Å²) < 4.78 is 0. The van der Waals surface area contributed by atoms with Gasteiger partial charge in [0.2, 0.25) is 0 Å². The lowest BCUT2D eigenvalue weighted by molar-refractivity contribution is 0.0698. The second-order valence-electron chi connectivity index (χ2n) is 3.64. The van der Waals surface area contributed by atoms with Crippen molar-refractivity contribution in [2.24, 2.45) is 0 Å². The van der Waals surface area contributed by atoms with Gasteiger partial charge in [-0.15, -0.1) is 6.42 Å². The van der Waals surface area contributed by atoms with Gasteiger partial charge in [0.05, 0.1) is 17.8 Å². The van der Waals surface area contributed by atoms with E-state index in [9.17, 15) is 9.59 Å². The molecule has 0 radical (unpaired) electrons. The Morgan fingerprint density at radius 2 is 2.21 bits per heavy atom. The van der Waals surface area contributed by atoms with Crippen molar-refractivity contribution in [3.8, 4) is 12.3 Å². The zero-order valence-electron chi connectivity index (χ0n) is 10.3. The third-order valence-corrected chi connectivity index (χ3v) is 2.64. The number of nitrogens with zero attached hydrogens (tertiary/aromatic N) is 1. The minimum absolute atomic E-state index is 0.0329. The summed E-state index contributed by atoms with van der Waals surface area (Å²) in [7, 11) is 0. The van der Waals surface area contributed by atoms with Crippen LogP contribution in [-0.4, -0.2) is 35.1 Å². The van der Waals surface area contributed by atoms with E-state index in [4.69, 9.17) is 23.1 Å². The number of hydrogen-bond acceptors (Lipinski definition) is 2. The van der Waals surface area contributed by atoms with Gasteiger partial charge < -0.3 is 15.3 Å². The first-order valence-corrected chi connectivity index (χ1v) is 5.89. The third-order valence-electron chi connectivity index (χ3n) is 2.40. The number of urea groups is 1. The number of nitrogens with one attached hydrogen (secondary N) is 1. The molecular formula is C13H13ClN2O3. The molecule has 0 bridgehead atoms. The molecule has 0 aliphatic heterocycles. The molecular weight excluding hydrogens is 268 g/mol. The van der Waals surface area contributed by atoms with Crippen molar-refractivity contribution in [2.75, 3.05) is 18.4 Å². The van der Waals surface area contributed by atoms with Gasteiger partial charge in [-0.05, 0) is 25.1 Å². The van der Waals surface area contributed by atoms with Crippen LogP contribution in [0.3, 0.4) is 0 Å². The van der Waals surface area contributed by atoms with Gasteiger partial charge in [-0.3, -0.25) is 0 Å². The van der Waals surface area contributed by atoms with E-state index in [0.29, 0.717) is 11.6 Å². The fraction of sp³-hybridized carbons (Fsp3) is 0.231. The van der Waals surface area contributed by atoms with Crippen molar-refractivity contribution in [2.45, 2.75) is 6.92 Å². The van der Waals surface area contributed by atoms with Crippen molar-refractivity contribution in [3.05, 3.63) is 28.8 Å². The molecule has 19 heavy (non-hydrogen) atoms. The van der Waals surface area contributed by atoms with E-state index < -0.39 is 12.0 Å². The minimum Gasteiger partial charge on any atom is -0.478 e. The zero-order chi connectivity index (χ0) is 14.4. The number of carboxylic acids is 1. The van der Waals surface area contributed by atoms with Crippen LogP contribution >= 0.6 is 11.6 Å². The molecule has 0 aliphatic carbocycles. The highest BCUT2D eigenvalue weighted by Gasteiger charge is 2.16. The van der Waals surface area contributed by atoms with Crippen LogP contribution in [-0.2, 0) is 0 Å². The molecule has 0 spiro atoms. The van der Waals surface area contributed by atoms with Gasteiger partial charge in [-0.25, -0.2) is 9.59 Å². The zero-order valence-corrected chi connectivity index (χ0v) is 11.1. The van der Waals surface area contributed by atoms with Crippen LogP contribution in [0.1, 0.15) is 17.3 Å². The highest BCUT2D eigenvalue weighted by Crippen LogP contribution is 2.21. The van der Waals surface area contributed by atoms with E-state index in [1.807, 2.05) is 0 Å². The number of aromatic carboxylic acids is 1. The number of terminal acetylenes is 1. The van der Waals surface area contributed by atoms with Gasteiger partial charge in [0.15, 0.2) is 0 Å². The molecule has 0 aromatic heterocycles. The molecule has 0 saturated carbocycles. The molecule has 0 atom stereocenters. The first-order valence-electron chi connectivity index (χ1n) is 5.51. The van der Waals surface area contributed by atoms with E-state index in [-0.39, 0.29) is 17.8 Å². The Hall–Kier alpha value is -2.19. The topological polar surface area (TPSA) is 69.6 Å². The van der Waals surface area contributed by atoms with Crippen LogP contribution in [0.2, 0.25) is 5.02 Å². The van der Waals surface area contributed by atoms with Gasteiger partial charge >= 0.3 is 12.0 Å². The summed E-state index contributed by atoms with van der Waals surface area (Å²) >= 11 is 5.79. The summed E-state index contributed by atoms with van der Waals surface area (Å²) in [6.45, 7) is 2.33. The number of anilines is 1. The van der Waals surface area contributed by atoms with E-state index in [1.54, 1.807) is 6.92 Å². The molecule has 0 fully saturated rings.